The first-order valence-corrected chi connectivity index (χ1v) is 8.99. The van der Waals surface area contributed by atoms with Crippen molar-refractivity contribution in [3.05, 3.63) is 35.9 Å². The molecule has 1 aliphatic heterocycles. The predicted octanol–water partition coefficient (Wildman–Crippen LogP) is 3.89. The van der Waals surface area contributed by atoms with Gasteiger partial charge in [0.15, 0.2) is 0 Å². The molecule has 0 radical (unpaired) electrons. The van der Waals surface area contributed by atoms with E-state index >= 15 is 0 Å². The zero-order chi connectivity index (χ0) is 16.5. The maximum absolute atomic E-state index is 12.8. The third-order valence-electron chi connectivity index (χ3n) is 3.45. The molecule has 0 aromatic heterocycles. The molecule has 0 saturated carbocycles. The molecule has 0 spiro atoms. The molecule has 22 heavy (non-hydrogen) atoms. The third-order valence-corrected chi connectivity index (χ3v) is 5.83. The zero-order valence-electron chi connectivity index (χ0n) is 13.5. The molecule has 1 amide bonds. The van der Waals surface area contributed by atoms with Gasteiger partial charge in [-0.05, 0) is 32.8 Å². The first-order chi connectivity index (χ1) is 10.2. The molecule has 0 aliphatic carbocycles. The maximum atomic E-state index is 12.8. The van der Waals surface area contributed by atoms with Gasteiger partial charge in [0.05, 0.1) is 5.54 Å². The highest BCUT2D eigenvalue weighted by atomic mass is 32.3. The monoisotopic (exact) mass is 324 g/mol. The molecule has 1 aromatic carbocycles. The van der Waals surface area contributed by atoms with E-state index in [-0.39, 0.29) is 11.6 Å². The Labute approximate surface area is 133 Å². The minimum Gasteiger partial charge on any atom is -0.282 e. The highest BCUT2D eigenvalue weighted by Gasteiger charge is 2.54. The fourth-order valence-electron chi connectivity index (χ4n) is 2.65. The van der Waals surface area contributed by atoms with Crippen molar-refractivity contribution in [2.24, 2.45) is 4.99 Å². The summed E-state index contributed by atoms with van der Waals surface area (Å²) in [5, 5.41) is -0.785. The summed E-state index contributed by atoms with van der Waals surface area (Å²) in [4.78, 5) is 17.1. The fraction of sp³-hybridized carbons (Fsp3) is 0.500. The lowest BCUT2D eigenvalue weighted by Crippen LogP contribution is -2.43. The molecule has 1 saturated heterocycles. The molecule has 5 nitrogen and oxygen atoms in total. The van der Waals surface area contributed by atoms with Gasteiger partial charge in [0.2, 0.25) is 0 Å². The van der Waals surface area contributed by atoms with Crippen LogP contribution in [0.4, 0.5) is 0 Å². The molecule has 1 fully saturated rings. The number of nitrogens with zero attached hydrogens (tertiary/aromatic N) is 2. The van der Waals surface area contributed by atoms with Crippen LogP contribution in [0.15, 0.2) is 35.3 Å². The number of carbonyl (C=O) groups excluding carboxylic acids is 1. The van der Waals surface area contributed by atoms with Crippen molar-refractivity contribution >= 4 is 22.4 Å². The van der Waals surface area contributed by atoms with Crippen molar-refractivity contribution in [3.8, 4) is 0 Å². The normalized spacial score (nSPS) is 24.8. The Hall–Kier alpha value is -1.37. The van der Waals surface area contributed by atoms with Crippen molar-refractivity contribution < 1.29 is 13.9 Å². The van der Waals surface area contributed by atoms with Crippen molar-refractivity contribution in [1.82, 2.24) is 4.31 Å². The van der Waals surface area contributed by atoms with Crippen molar-refractivity contribution in [1.29, 1.82) is 0 Å². The molecule has 2 rings (SSSR count). The molecule has 1 unspecified atom stereocenters. The van der Waals surface area contributed by atoms with E-state index in [0.717, 1.165) is 6.42 Å². The summed E-state index contributed by atoms with van der Waals surface area (Å²) in [5.41, 5.74) is 0.271. The number of benzene rings is 1. The molecular weight excluding hydrogens is 300 g/mol. The van der Waals surface area contributed by atoms with E-state index in [1.165, 1.54) is 4.31 Å². The number of hydrogen-bond donors (Lipinski definition) is 2. The molecule has 6 heteroatoms. The van der Waals surface area contributed by atoms with Crippen LogP contribution in [0.25, 0.3) is 0 Å². The minimum atomic E-state index is -3.31. The van der Waals surface area contributed by atoms with Gasteiger partial charge >= 0.3 is 0 Å². The molecule has 1 atom stereocenters. The van der Waals surface area contributed by atoms with E-state index < -0.39 is 21.6 Å². The smallest absolute Gasteiger partial charge is 0.282 e. The fourth-order valence-corrected chi connectivity index (χ4v) is 5.00. The van der Waals surface area contributed by atoms with E-state index in [1.54, 1.807) is 32.9 Å². The summed E-state index contributed by atoms with van der Waals surface area (Å²) in [7, 11) is -3.31. The molecule has 2 N–H and O–H groups in total. The Kier molecular flexibility index (Phi) is 4.65. The second-order valence-electron chi connectivity index (χ2n) is 6.39. The molecule has 1 aromatic rings. The summed E-state index contributed by atoms with van der Waals surface area (Å²) < 4.78 is 22.8. The van der Waals surface area contributed by atoms with Crippen molar-refractivity contribution in [2.75, 3.05) is 6.54 Å². The Morgan fingerprint density at radius 1 is 1.23 bits per heavy atom. The minimum absolute atomic E-state index is 0.253. The molecule has 122 valence electrons. The quantitative estimate of drug-likeness (QED) is 0.886. The summed E-state index contributed by atoms with van der Waals surface area (Å²) >= 11 is 0. The third kappa shape index (κ3) is 2.91. The van der Waals surface area contributed by atoms with Gasteiger partial charge in [-0.15, -0.1) is 10.8 Å². The van der Waals surface area contributed by atoms with Gasteiger partial charge < -0.3 is 0 Å². The van der Waals surface area contributed by atoms with Gasteiger partial charge in [0.1, 0.15) is 11.0 Å². The van der Waals surface area contributed by atoms with Gasteiger partial charge in [-0.25, -0.2) is 4.31 Å². The molecule has 1 aliphatic rings. The number of amides is 1. The zero-order valence-corrected chi connectivity index (χ0v) is 14.3. The van der Waals surface area contributed by atoms with Crippen molar-refractivity contribution in [3.63, 3.8) is 0 Å². The van der Waals surface area contributed by atoms with E-state index in [1.807, 2.05) is 25.1 Å². The first kappa shape index (κ1) is 17.0. The van der Waals surface area contributed by atoms with E-state index in [4.69, 9.17) is 0 Å². The highest BCUT2D eigenvalue weighted by molar-refractivity contribution is 8.24. The second-order valence-corrected chi connectivity index (χ2v) is 8.35. The molecule has 0 bridgehead atoms. The van der Waals surface area contributed by atoms with Crippen LogP contribution in [0.3, 0.4) is 0 Å². The van der Waals surface area contributed by atoms with E-state index in [2.05, 4.69) is 4.99 Å². The van der Waals surface area contributed by atoms with Gasteiger partial charge in [0.25, 0.3) is 5.91 Å². The Bertz CT molecular complexity index is 579. The van der Waals surface area contributed by atoms with E-state index in [0.29, 0.717) is 12.1 Å². The first-order valence-electron chi connectivity index (χ1n) is 7.42. The molecular formula is C16H24N2O3S. The highest BCUT2D eigenvalue weighted by Crippen LogP contribution is 2.64. The van der Waals surface area contributed by atoms with Gasteiger partial charge in [-0.1, -0.05) is 37.3 Å². The van der Waals surface area contributed by atoms with Crippen molar-refractivity contribution in [2.45, 2.75) is 44.9 Å². The Morgan fingerprint density at radius 3 is 2.32 bits per heavy atom. The summed E-state index contributed by atoms with van der Waals surface area (Å²) in [6.45, 7) is 7.86. The Balaban J connectivity index is 2.59. The topological polar surface area (TPSA) is 73.1 Å². The van der Waals surface area contributed by atoms with Crippen LogP contribution in [-0.2, 0) is 4.79 Å². The van der Waals surface area contributed by atoms with Gasteiger partial charge in [-0.2, -0.15) is 0 Å². The number of aliphatic imine (C=N–C) groups is 1. The van der Waals surface area contributed by atoms with Crippen LogP contribution in [0.2, 0.25) is 0 Å². The average molecular weight is 324 g/mol. The van der Waals surface area contributed by atoms with Gasteiger partial charge in [0, 0.05) is 6.54 Å². The lowest BCUT2D eigenvalue weighted by Gasteiger charge is -2.46. The lowest BCUT2D eigenvalue weighted by atomic mass is 10.1. The van der Waals surface area contributed by atoms with E-state index in [9.17, 15) is 13.9 Å². The Morgan fingerprint density at radius 2 is 1.82 bits per heavy atom. The lowest BCUT2D eigenvalue weighted by molar-refractivity contribution is -0.122. The summed E-state index contributed by atoms with van der Waals surface area (Å²) in [6.07, 6.45) is 0.799. The largest absolute Gasteiger partial charge is 0.288 e. The standard InChI is InChI=1S/C16H24N2O3S/c1-5-11-17-13-14(12-9-7-6-8-10-12)22(20,21)18(15(13)19)16(2,3)4/h6-10,14,20-21H,5,11H2,1-4H3. The molecule has 1 heterocycles. The van der Waals surface area contributed by atoms with Crippen LogP contribution in [-0.4, -0.2) is 37.1 Å². The van der Waals surface area contributed by atoms with Crippen LogP contribution in [0, 0.1) is 0 Å². The SMILES string of the molecule is CCCN=C1C(=O)N(C(C)(C)C)S(O)(O)C1c1ccccc1. The van der Waals surface area contributed by atoms with Gasteiger partial charge in [-0.3, -0.25) is 18.9 Å². The second kappa shape index (κ2) is 6.02. The number of hydrogen-bond acceptors (Lipinski definition) is 4. The summed E-state index contributed by atoms with van der Waals surface area (Å²) in [6, 6.07) is 9.12. The maximum Gasteiger partial charge on any atom is 0.288 e. The van der Waals surface area contributed by atoms with Crippen LogP contribution < -0.4 is 0 Å². The van der Waals surface area contributed by atoms with Crippen LogP contribution in [0.1, 0.15) is 44.9 Å². The van der Waals surface area contributed by atoms with Crippen LogP contribution >= 0.6 is 10.8 Å². The summed E-state index contributed by atoms with van der Waals surface area (Å²) in [5.74, 6) is -0.380. The predicted molar refractivity (Wildman–Crippen MR) is 91.2 cm³/mol. The van der Waals surface area contributed by atoms with Crippen LogP contribution in [0.5, 0.6) is 0 Å². The number of rotatable bonds is 3. The average Bonchev–Trinajstić information content (AvgIpc) is 2.62. The number of carbonyl (C=O) groups is 1.